The molecule has 20 heavy (non-hydrogen) atoms. The Morgan fingerprint density at radius 3 is 1.20 bits per heavy atom. The molecule has 0 nitrogen and oxygen atoms in total. The number of rotatable bonds is 5. The quantitative estimate of drug-likeness (QED) is 0.644. The van der Waals surface area contributed by atoms with Crippen molar-refractivity contribution in [2.24, 2.45) is 0 Å². The summed E-state index contributed by atoms with van der Waals surface area (Å²) in [6.07, 6.45) is 4.08. The minimum absolute atomic E-state index is 0.211. The van der Waals surface area contributed by atoms with Gasteiger partial charge in [0.15, 0.2) is 0 Å². The van der Waals surface area contributed by atoms with E-state index in [2.05, 4.69) is 75.5 Å². The van der Waals surface area contributed by atoms with Crippen molar-refractivity contribution in [2.75, 3.05) is 0 Å². The van der Waals surface area contributed by atoms with E-state index >= 15 is 0 Å². The normalized spacial score (nSPS) is 16.7. The van der Waals surface area contributed by atoms with Crippen LogP contribution >= 0.6 is 0 Å². The number of hydrogen-bond donors (Lipinski definition) is 0. The van der Waals surface area contributed by atoms with Gasteiger partial charge in [0.05, 0.1) is 0 Å². The van der Waals surface area contributed by atoms with Gasteiger partial charge in [-0.25, -0.2) is 0 Å². The second kappa shape index (κ2) is 5.50. The second-order valence-electron chi connectivity index (χ2n) is 5.54. The molecule has 0 aromatic heterocycles. The predicted octanol–water partition coefficient (Wildman–Crippen LogP) is 5.27. The Balaban J connectivity index is 2.64. The van der Waals surface area contributed by atoms with Gasteiger partial charge in [0.2, 0.25) is 0 Å². The maximum Gasteiger partial charge on any atom is 0.0230 e. The summed E-state index contributed by atoms with van der Waals surface area (Å²) in [4.78, 5) is 0. The van der Waals surface area contributed by atoms with E-state index < -0.39 is 0 Å². The van der Waals surface area contributed by atoms with Crippen LogP contribution in [0.25, 0.3) is 0 Å². The maximum absolute atomic E-state index is 4.10. The Morgan fingerprint density at radius 2 is 0.950 bits per heavy atom. The highest BCUT2D eigenvalue weighted by Crippen LogP contribution is 2.45. The molecule has 0 heterocycles. The molecule has 0 N–H and O–H groups in total. The molecule has 0 fully saturated rings. The highest BCUT2D eigenvalue weighted by atomic mass is 14.4. The molecular formula is C20H22. The van der Waals surface area contributed by atoms with Gasteiger partial charge in [-0.05, 0) is 11.1 Å². The van der Waals surface area contributed by atoms with Gasteiger partial charge in [0, 0.05) is 10.8 Å². The van der Waals surface area contributed by atoms with Crippen LogP contribution in [0.2, 0.25) is 0 Å². The van der Waals surface area contributed by atoms with Crippen molar-refractivity contribution in [3.05, 3.63) is 97.1 Å². The summed E-state index contributed by atoms with van der Waals surface area (Å²) in [5.41, 5.74) is 2.08. The van der Waals surface area contributed by atoms with Crippen LogP contribution in [-0.2, 0) is 10.8 Å². The van der Waals surface area contributed by atoms with Crippen molar-refractivity contribution >= 4 is 0 Å². The molecule has 102 valence electrons. The Morgan fingerprint density at radius 1 is 0.650 bits per heavy atom. The van der Waals surface area contributed by atoms with Crippen molar-refractivity contribution in [3.63, 3.8) is 0 Å². The van der Waals surface area contributed by atoms with Crippen LogP contribution in [0.15, 0.2) is 86.0 Å². The number of allylic oxidation sites excluding steroid dienone is 2. The fourth-order valence-electron chi connectivity index (χ4n) is 2.83. The Kier molecular flexibility index (Phi) is 3.94. The van der Waals surface area contributed by atoms with Gasteiger partial charge in [0.25, 0.3) is 0 Å². The third-order valence-electron chi connectivity index (χ3n) is 4.64. The molecule has 2 unspecified atom stereocenters. The summed E-state index contributed by atoms with van der Waals surface area (Å²) in [6, 6.07) is 21.0. The van der Waals surface area contributed by atoms with E-state index in [4.69, 9.17) is 0 Å². The second-order valence-corrected chi connectivity index (χ2v) is 5.54. The van der Waals surface area contributed by atoms with E-state index in [-0.39, 0.29) is 10.8 Å². The largest absolute Gasteiger partial charge is 0.102 e. The number of hydrogen-bond acceptors (Lipinski definition) is 0. The molecule has 0 aliphatic rings. The molecule has 2 rings (SSSR count). The standard InChI is InChI=1S/C20H22/c1-5-19(3,17-13-9-7-10-14-17)20(4,6-2)18-15-11-8-12-16-18/h5-16H,1-2H2,3-4H3. The lowest BCUT2D eigenvalue weighted by Gasteiger charge is -2.44. The minimum Gasteiger partial charge on any atom is -0.102 e. The highest BCUT2D eigenvalue weighted by Gasteiger charge is 2.42. The lowest BCUT2D eigenvalue weighted by molar-refractivity contribution is 0.388. The molecule has 2 aromatic carbocycles. The molecule has 2 aromatic rings. The van der Waals surface area contributed by atoms with Crippen LogP contribution in [0.1, 0.15) is 25.0 Å². The van der Waals surface area contributed by atoms with Crippen molar-refractivity contribution in [3.8, 4) is 0 Å². The Labute approximate surface area is 122 Å². The monoisotopic (exact) mass is 262 g/mol. The average Bonchev–Trinajstić information content (AvgIpc) is 2.54. The third-order valence-corrected chi connectivity index (χ3v) is 4.64. The van der Waals surface area contributed by atoms with Crippen molar-refractivity contribution in [1.82, 2.24) is 0 Å². The lowest BCUT2D eigenvalue weighted by Crippen LogP contribution is -2.42. The van der Waals surface area contributed by atoms with E-state index in [0.717, 1.165) is 0 Å². The number of benzene rings is 2. The van der Waals surface area contributed by atoms with Gasteiger partial charge >= 0.3 is 0 Å². The topological polar surface area (TPSA) is 0 Å². The van der Waals surface area contributed by atoms with Crippen LogP contribution in [0.3, 0.4) is 0 Å². The van der Waals surface area contributed by atoms with E-state index in [1.54, 1.807) is 0 Å². The van der Waals surface area contributed by atoms with Gasteiger partial charge in [-0.1, -0.05) is 86.7 Å². The fourth-order valence-corrected chi connectivity index (χ4v) is 2.83. The van der Waals surface area contributed by atoms with Crippen LogP contribution in [0, 0.1) is 0 Å². The summed E-state index contributed by atoms with van der Waals surface area (Å²) in [5, 5.41) is 0. The summed E-state index contributed by atoms with van der Waals surface area (Å²) in [7, 11) is 0. The third kappa shape index (κ3) is 2.12. The summed E-state index contributed by atoms with van der Waals surface area (Å²) in [5.74, 6) is 0. The maximum atomic E-state index is 4.10. The predicted molar refractivity (Wildman–Crippen MR) is 88.0 cm³/mol. The fraction of sp³-hybridized carbons (Fsp3) is 0.200. The zero-order chi connectivity index (χ0) is 14.6. The molecule has 0 heteroatoms. The first kappa shape index (κ1) is 14.3. The summed E-state index contributed by atoms with van der Waals surface area (Å²) >= 11 is 0. The average molecular weight is 262 g/mol. The molecule has 2 atom stereocenters. The zero-order valence-corrected chi connectivity index (χ0v) is 12.3. The molecule has 0 spiro atoms. The van der Waals surface area contributed by atoms with E-state index in [0.29, 0.717) is 0 Å². The zero-order valence-electron chi connectivity index (χ0n) is 12.3. The molecule has 0 saturated heterocycles. The van der Waals surface area contributed by atoms with Crippen molar-refractivity contribution < 1.29 is 0 Å². The van der Waals surface area contributed by atoms with Crippen LogP contribution < -0.4 is 0 Å². The van der Waals surface area contributed by atoms with Crippen LogP contribution in [0.4, 0.5) is 0 Å². The summed E-state index contributed by atoms with van der Waals surface area (Å²) in [6.45, 7) is 12.7. The van der Waals surface area contributed by atoms with Gasteiger partial charge in [-0.3, -0.25) is 0 Å². The highest BCUT2D eigenvalue weighted by molar-refractivity contribution is 5.44. The minimum atomic E-state index is -0.211. The van der Waals surface area contributed by atoms with Gasteiger partial charge in [-0.2, -0.15) is 0 Å². The van der Waals surface area contributed by atoms with Gasteiger partial charge in [0.1, 0.15) is 0 Å². The van der Waals surface area contributed by atoms with Crippen molar-refractivity contribution in [2.45, 2.75) is 24.7 Å². The van der Waals surface area contributed by atoms with E-state index in [1.807, 2.05) is 24.3 Å². The van der Waals surface area contributed by atoms with Crippen LogP contribution in [-0.4, -0.2) is 0 Å². The van der Waals surface area contributed by atoms with E-state index in [9.17, 15) is 0 Å². The first-order chi connectivity index (χ1) is 9.58. The van der Waals surface area contributed by atoms with E-state index in [1.165, 1.54) is 11.1 Å². The van der Waals surface area contributed by atoms with Gasteiger partial charge in [-0.15, -0.1) is 13.2 Å². The summed E-state index contributed by atoms with van der Waals surface area (Å²) < 4.78 is 0. The van der Waals surface area contributed by atoms with Gasteiger partial charge < -0.3 is 0 Å². The molecule has 0 aliphatic heterocycles. The first-order valence-electron chi connectivity index (χ1n) is 6.97. The van der Waals surface area contributed by atoms with Crippen molar-refractivity contribution in [1.29, 1.82) is 0 Å². The first-order valence-corrected chi connectivity index (χ1v) is 6.97. The lowest BCUT2D eigenvalue weighted by atomic mass is 9.59. The molecule has 0 aliphatic carbocycles. The molecule has 0 radical (unpaired) electrons. The molecular weight excluding hydrogens is 240 g/mol. The molecule has 0 saturated carbocycles. The molecule has 0 amide bonds. The van der Waals surface area contributed by atoms with Crippen LogP contribution in [0.5, 0.6) is 0 Å². The smallest absolute Gasteiger partial charge is 0.0230 e. The Bertz CT molecular complexity index is 526. The Hall–Kier alpha value is -2.08. The SMILES string of the molecule is C=CC(C)(c1ccccc1)C(C)(C=C)c1ccccc1. The molecule has 0 bridgehead atoms.